The summed E-state index contributed by atoms with van der Waals surface area (Å²) < 4.78 is 5.95. The van der Waals surface area contributed by atoms with Crippen LogP contribution in [0.1, 0.15) is 60.0 Å². The Labute approximate surface area is 306 Å². The van der Waals surface area contributed by atoms with Gasteiger partial charge in [-0.3, -0.25) is 14.8 Å². The summed E-state index contributed by atoms with van der Waals surface area (Å²) in [6, 6.07) is 22.0. The highest BCUT2D eigenvalue weighted by atomic mass is 32.1. The molecule has 1 aliphatic heterocycles. The number of fused-ring (bicyclic) bond motifs is 2. The Bertz CT molecular complexity index is 2100. The molecule has 3 aromatic carbocycles. The van der Waals surface area contributed by atoms with Gasteiger partial charge in [-0.05, 0) is 84.2 Å². The molecular formula is C40H42N4O7S. The number of carbonyl (C=O) groups excluding carboxylic acids is 1. The topological polar surface area (TPSA) is 170 Å². The monoisotopic (exact) mass is 722 g/mol. The number of nitrogens with zero attached hydrogens (tertiary/aromatic N) is 2. The van der Waals surface area contributed by atoms with Crippen LogP contribution in [0.3, 0.4) is 0 Å². The number of nitrogens with one attached hydrogen (secondary N) is 1. The maximum atomic E-state index is 12.8. The highest BCUT2D eigenvalue weighted by Crippen LogP contribution is 2.42. The molecule has 5 rings (SSSR count). The van der Waals surface area contributed by atoms with Gasteiger partial charge in [-0.15, -0.1) is 0 Å². The highest BCUT2D eigenvalue weighted by molar-refractivity contribution is 7.80. The number of phenols is 1. The van der Waals surface area contributed by atoms with Crippen LogP contribution in [0.5, 0.6) is 5.75 Å². The summed E-state index contributed by atoms with van der Waals surface area (Å²) >= 11 is 5.90. The van der Waals surface area contributed by atoms with E-state index in [4.69, 9.17) is 22.4 Å². The zero-order valence-electron chi connectivity index (χ0n) is 28.7. The summed E-state index contributed by atoms with van der Waals surface area (Å²) in [4.78, 5) is 38.4. The van der Waals surface area contributed by atoms with E-state index in [0.717, 1.165) is 49.3 Å². The predicted octanol–water partition coefficient (Wildman–Crippen LogP) is 7.37. The summed E-state index contributed by atoms with van der Waals surface area (Å²) in [5, 5.41) is 35.2. The molecule has 270 valence electrons. The average Bonchev–Trinajstić information content (AvgIpc) is 3.14. The molecule has 0 atom stereocenters. The Morgan fingerprint density at radius 2 is 1.54 bits per heavy atom. The van der Waals surface area contributed by atoms with E-state index in [-0.39, 0.29) is 29.0 Å². The first-order chi connectivity index (χ1) is 25.1. The van der Waals surface area contributed by atoms with Gasteiger partial charge in [-0.1, -0.05) is 62.6 Å². The quantitative estimate of drug-likeness (QED) is 0.0172. The zero-order valence-corrected chi connectivity index (χ0v) is 29.5. The molecule has 52 heavy (non-hydrogen) atoms. The summed E-state index contributed by atoms with van der Waals surface area (Å²) in [6.07, 6.45) is 6.42. The minimum absolute atomic E-state index is 0.0166. The van der Waals surface area contributed by atoms with E-state index in [0.29, 0.717) is 69.6 Å². The Morgan fingerprint density at radius 1 is 0.865 bits per heavy atom. The number of hydrogen-bond acceptors (Lipinski definition) is 8. The first-order valence-electron chi connectivity index (χ1n) is 17.1. The van der Waals surface area contributed by atoms with Gasteiger partial charge in [0.25, 0.3) is 5.91 Å². The number of nitrogens with two attached hydrogens (primary N) is 1. The first-order valence-corrected chi connectivity index (χ1v) is 17.5. The van der Waals surface area contributed by atoms with E-state index < -0.39 is 11.9 Å². The number of aromatic carboxylic acids is 1. The van der Waals surface area contributed by atoms with E-state index in [1.54, 1.807) is 30.3 Å². The average molecular weight is 723 g/mol. The number of anilines is 1. The van der Waals surface area contributed by atoms with Gasteiger partial charge in [0, 0.05) is 60.5 Å². The van der Waals surface area contributed by atoms with Crippen molar-refractivity contribution >= 4 is 45.9 Å². The maximum Gasteiger partial charge on any atom is 0.336 e. The van der Waals surface area contributed by atoms with E-state index in [9.17, 15) is 29.8 Å². The second kappa shape index (κ2) is 17.6. The number of thiocarbonyl (C=S) groups is 1. The Morgan fingerprint density at radius 3 is 2.23 bits per heavy atom. The van der Waals surface area contributed by atoms with Crippen molar-refractivity contribution in [2.24, 2.45) is 5.73 Å². The molecule has 2 aliphatic rings. The molecule has 0 saturated carbocycles. The number of rotatable bonds is 16. The smallest absolute Gasteiger partial charge is 0.336 e. The molecule has 0 bridgehead atoms. The van der Waals surface area contributed by atoms with Gasteiger partial charge in [0.1, 0.15) is 17.1 Å². The Kier molecular flexibility index (Phi) is 12.7. The fourth-order valence-corrected chi connectivity index (χ4v) is 6.38. The molecule has 1 heterocycles. The SMILES string of the molecule is C=CC(=O)N(O)CCCCCCCCN(Cc1ccc(CN)cc1)C(=S)Nc1ccc(-c2c3ccc(=O)cc-3oc3cc(O)ccc23)c(C(=O)O)c1. The molecule has 0 unspecified atom stereocenters. The third kappa shape index (κ3) is 9.40. The van der Waals surface area contributed by atoms with Gasteiger partial charge >= 0.3 is 5.97 Å². The molecule has 0 radical (unpaired) electrons. The molecule has 1 amide bonds. The number of aromatic hydroxyl groups is 1. The van der Waals surface area contributed by atoms with Crippen LogP contribution in [0.25, 0.3) is 33.4 Å². The van der Waals surface area contributed by atoms with E-state index in [1.165, 1.54) is 24.3 Å². The number of hydroxylamine groups is 2. The van der Waals surface area contributed by atoms with Gasteiger partial charge < -0.3 is 30.6 Å². The maximum absolute atomic E-state index is 12.8. The number of carbonyl (C=O) groups is 2. The molecule has 3 aromatic rings. The standard InChI is InChI=1S/C40H42N4O7S/c1-2-37(47)44(50)20-8-6-4-3-5-7-19-43(25-27-11-9-26(24-41)10-12-27)40(52)42-28-13-16-31(34(21-28)39(48)49)38-32-17-14-29(45)22-35(32)51-36-23-30(46)15-18-33(36)38/h2,9-18,21-23,45,50H,1,3-8,19-20,24-25,41H2,(H,42,52)(H,48,49). The van der Waals surface area contributed by atoms with Crippen LogP contribution in [0, 0.1) is 0 Å². The van der Waals surface area contributed by atoms with Crippen LogP contribution in [-0.4, -0.2) is 55.5 Å². The lowest BCUT2D eigenvalue weighted by atomic mass is 9.90. The van der Waals surface area contributed by atoms with Gasteiger partial charge in [-0.25, -0.2) is 9.86 Å². The minimum atomic E-state index is -1.15. The molecule has 11 nitrogen and oxygen atoms in total. The van der Waals surface area contributed by atoms with Crippen LogP contribution in [0.2, 0.25) is 0 Å². The van der Waals surface area contributed by atoms with Crippen molar-refractivity contribution in [2.45, 2.75) is 51.6 Å². The van der Waals surface area contributed by atoms with Gasteiger partial charge in [0.2, 0.25) is 0 Å². The number of phenolic OH excluding ortho intramolecular Hbond substituents is 1. The molecule has 6 N–H and O–H groups in total. The molecule has 0 saturated heterocycles. The molecule has 0 aromatic heterocycles. The molecule has 0 spiro atoms. The van der Waals surface area contributed by atoms with Crippen molar-refractivity contribution in [1.82, 2.24) is 9.96 Å². The van der Waals surface area contributed by atoms with Crippen LogP contribution in [-0.2, 0) is 17.9 Å². The third-order valence-corrected chi connectivity index (χ3v) is 9.20. The molecular weight excluding hydrogens is 681 g/mol. The Balaban J connectivity index is 1.34. The van der Waals surface area contributed by atoms with E-state index >= 15 is 0 Å². The number of benzene rings is 4. The van der Waals surface area contributed by atoms with Crippen molar-refractivity contribution in [2.75, 3.05) is 18.4 Å². The molecule has 12 heteroatoms. The molecule has 0 fully saturated rings. The first kappa shape index (κ1) is 37.7. The van der Waals surface area contributed by atoms with Crippen LogP contribution in [0.4, 0.5) is 5.69 Å². The van der Waals surface area contributed by atoms with E-state index in [1.807, 2.05) is 24.3 Å². The number of amides is 1. The number of hydrogen-bond donors (Lipinski definition) is 5. The summed E-state index contributed by atoms with van der Waals surface area (Å²) in [5.41, 5.74) is 9.95. The van der Waals surface area contributed by atoms with Crippen molar-refractivity contribution in [3.63, 3.8) is 0 Å². The second-order valence-corrected chi connectivity index (χ2v) is 12.9. The molecule has 1 aliphatic carbocycles. The van der Waals surface area contributed by atoms with Crippen molar-refractivity contribution in [3.8, 4) is 28.2 Å². The van der Waals surface area contributed by atoms with Gasteiger partial charge in [0.15, 0.2) is 10.5 Å². The summed E-state index contributed by atoms with van der Waals surface area (Å²) in [6.45, 7) is 5.28. The van der Waals surface area contributed by atoms with Gasteiger partial charge in [-0.2, -0.15) is 0 Å². The largest absolute Gasteiger partial charge is 0.508 e. The predicted molar refractivity (Wildman–Crippen MR) is 206 cm³/mol. The van der Waals surface area contributed by atoms with Crippen molar-refractivity contribution < 1.29 is 29.4 Å². The fourth-order valence-electron chi connectivity index (χ4n) is 6.11. The number of unbranched alkanes of at least 4 members (excludes halogenated alkanes) is 5. The van der Waals surface area contributed by atoms with E-state index in [2.05, 4.69) is 16.8 Å². The van der Waals surface area contributed by atoms with Gasteiger partial charge in [0.05, 0.1) is 5.56 Å². The minimum Gasteiger partial charge on any atom is -0.508 e. The number of carboxylic acid groups (broad SMARTS) is 1. The lowest BCUT2D eigenvalue weighted by Gasteiger charge is -2.26. The van der Waals surface area contributed by atoms with Crippen molar-refractivity contribution in [1.29, 1.82) is 0 Å². The van der Waals surface area contributed by atoms with Crippen LogP contribution >= 0.6 is 12.2 Å². The lowest BCUT2D eigenvalue weighted by Crippen LogP contribution is -2.35. The number of carboxylic acids is 1. The third-order valence-electron chi connectivity index (χ3n) is 8.84. The highest BCUT2D eigenvalue weighted by Gasteiger charge is 2.23. The normalized spacial score (nSPS) is 11.0. The van der Waals surface area contributed by atoms with Crippen molar-refractivity contribution in [3.05, 3.63) is 118 Å². The lowest BCUT2D eigenvalue weighted by molar-refractivity contribution is -0.159. The fraction of sp³-hybridized carbons (Fsp3) is 0.250. The van der Waals surface area contributed by atoms with Crippen LogP contribution < -0.4 is 16.5 Å². The second-order valence-electron chi connectivity index (χ2n) is 12.5. The summed E-state index contributed by atoms with van der Waals surface area (Å²) in [7, 11) is 0. The zero-order chi connectivity index (χ0) is 37.2. The van der Waals surface area contributed by atoms with Crippen LogP contribution in [0.15, 0.2) is 101 Å². The Hall–Kier alpha value is -5.56. The summed E-state index contributed by atoms with van der Waals surface area (Å²) in [5.74, 6) is -1.41.